The molecule has 2 amide bonds. The topological polar surface area (TPSA) is 118 Å². The van der Waals surface area contributed by atoms with E-state index in [-0.39, 0.29) is 59.4 Å². The van der Waals surface area contributed by atoms with Crippen LogP contribution in [0.5, 0.6) is 0 Å². The predicted molar refractivity (Wildman–Crippen MR) is 136 cm³/mol. The van der Waals surface area contributed by atoms with Gasteiger partial charge in [-0.05, 0) is 36.6 Å². The van der Waals surface area contributed by atoms with Gasteiger partial charge in [0.25, 0.3) is 0 Å². The first-order chi connectivity index (χ1) is 17.4. The molecule has 0 unspecified atom stereocenters. The first kappa shape index (κ1) is 26.7. The van der Waals surface area contributed by atoms with Gasteiger partial charge >= 0.3 is 0 Å². The summed E-state index contributed by atoms with van der Waals surface area (Å²) in [5.74, 6) is -1.91. The zero-order valence-electron chi connectivity index (χ0n) is 20.3. The smallest absolute Gasteiger partial charge is 0.245 e. The molecule has 4 rings (SSSR count). The van der Waals surface area contributed by atoms with E-state index in [4.69, 9.17) is 11.6 Å². The second-order valence-corrected chi connectivity index (χ2v) is 11.8. The van der Waals surface area contributed by atoms with E-state index < -0.39 is 21.6 Å². The van der Waals surface area contributed by atoms with E-state index in [2.05, 4.69) is 10.4 Å². The number of benzene rings is 2. The number of hydrogen-bond donors (Lipinski definition) is 1. The van der Waals surface area contributed by atoms with Crippen molar-refractivity contribution in [2.24, 2.45) is 0 Å². The Labute approximate surface area is 218 Å². The molecule has 0 radical (unpaired) electrons. The van der Waals surface area contributed by atoms with Crippen molar-refractivity contribution in [2.45, 2.75) is 44.6 Å². The highest BCUT2D eigenvalue weighted by molar-refractivity contribution is 7.89. The van der Waals surface area contributed by atoms with Gasteiger partial charge in [-0.25, -0.2) is 12.8 Å². The van der Waals surface area contributed by atoms with Crippen molar-refractivity contribution >= 4 is 49.9 Å². The molecule has 1 heterocycles. The minimum atomic E-state index is -3.28. The fourth-order valence-electron chi connectivity index (χ4n) is 4.11. The third kappa shape index (κ3) is 6.53. The van der Waals surface area contributed by atoms with Crippen molar-refractivity contribution in [1.82, 2.24) is 20.0 Å². The molecule has 0 bridgehead atoms. The molecule has 12 heteroatoms. The van der Waals surface area contributed by atoms with Crippen LogP contribution in [0.3, 0.4) is 0 Å². The van der Waals surface area contributed by atoms with Gasteiger partial charge in [-0.3, -0.25) is 19.1 Å². The maximum Gasteiger partial charge on any atom is 0.245 e. The average Bonchev–Trinajstić information content (AvgIpc) is 3.59. The van der Waals surface area contributed by atoms with Crippen molar-refractivity contribution in [3.05, 3.63) is 64.1 Å². The quantitative estimate of drug-likeness (QED) is 0.389. The lowest BCUT2D eigenvalue weighted by Crippen LogP contribution is -2.43. The fourth-order valence-corrected chi connectivity index (χ4v) is 5.09. The van der Waals surface area contributed by atoms with E-state index in [9.17, 15) is 27.2 Å². The van der Waals surface area contributed by atoms with E-state index in [1.807, 2.05) is 0 Å². The summed E-state index contributed by atoms with van der Waals surface area (Å²) in [6.07, 6.45) is 2.64. The van der Waals surface area contributed by atoms with Crippen LogP contribution in [-0.4, -0.2) is 59.5 Å². The van der Waals surface area contributed by atoms with Gasteiger partial charge in [0.1, 0.15) is 18.1 Å². The Morgan fingerprint density at radius 1 is 1.22 bits per heavy atom. The Hall–Kier alpha value is -3.31. The molecule has 3 aromatic rings. The van der Waals surface area contributed by atoms with Crippen molar-refractivity contribution in [3.63, 3.8) is 0 Å². The van der Waals surface area contributed by atoms with Gasteiger partial charge in [-0.2, -0.15) is 5.10 Å². The molecular weight excluding hydrogens is 523 g/mol. The summed E-state index contributed by atoms with van der Waals surface area (Å²) >= 11 is 5.78. The van der Waals surface area contributed by atoms with Crippen LogP contribution in [-0.2, 0) is 38.3 Å². The largest absolute Gasteiger partial charge is 0.350 e. The van der Waals surface area contributed by atoms with Gasteiger partial charge in [0.2, 0.25) is 11.8 Å². The molecule has 1 fully saturated rings. The molecule has 0 aliphatic heterocycles. The van der Waals surface area contributed by atoms with Crippen molar-refractivity contribution in [2.75, 3.05) is 12.8 Å². The standard InChI is InChI=1S/C25H26ClFN4O5S/c1-15(32)25-19-10-16(14-37(2,35)36)6-9-21(19)31(29-25)13-23(34)30(18-7-8-18)12-22(33)28-11-17-4-3-5-20(26)24(17)27/h3-6,9-10,18H,7-8,11-14H2,1-2H3,(H,28,33). The van der Waals surface area contributed by atoms with E-state index in [0.717, 1.165) is 19.1 Å². The van der Waals surface area contributed by atoms with Crippen LogP contribution in [0, 0.1) is 5.82 Å². The van der Waals surface area contributed by atoms with Crippen molar-refractivity contribution in [1.29, 1.82) is 0 Å². The van der Waals surface area contributed by atoms with Gasteiger partial charge < -0.3 is 10.2 Å². The summed E-state index contributed by atoms with van der Waals surface area (Å²) < 4.78 is 38.9. The molecule has 0 atom stereocenters. The molecule has 9 nitrogen and oxygen atoms in total. The van der Waals surface area contributed by atoms with E-state index in [0.29, 0.717) is 16.5 Å². The molecule has 37 heavy (non-hydrogen) atoms. The van der Waals surface area contributed by atoms with Crippen LogP contribution in [0.25, 0.3) is 10.9 Å². The number of carbonyl (C=O) groups excluding carboxylic acids is 3. The zero-order valence-corrected chi connectivity index (χ0v) is 21.9. The SMILES string of the molecule is CC(=O)c1nn(CC(=O)N(CC(=O)NCc2cccc(Cl)c2F)C2CC2)c2ccc(CS(C)(=O)=O)cc12. The number of ketones is 1. The van der Waals surface area contributed by atoms with Gasteiger partial charge in [0.05, 0.1) is 22.8 Å². The predicted octanol–water partition coefficient (Wildman–Crippen LogP) is 2.88. The van der Waals surface area contributed by atoms with Crippen LogP contribution >= 0.6 is 11.6 Å². The van der Waals surface area contributed by atoms with Gasteiger partial charge in [-0.15, -0.1) is 0 Å². The van der Waals surface area contributed by atoms with E-state index in [1.54, 1.807) is 24.3 Å². The first-order valence-electron chi connectivity index (χ1n) is 11.6. The highest BCUT2D eigenvalue weighted by Gasteiger charge is 2.34. The molecule has 2 aromatic carbocycles. The molecule has 1 N–H and O–H groups in total. The molecule has 1 saturated carbocycles. The number of hydrogen-bond acceptors (Lipinski definition) is 6. The Balaban J connectivity index is 1.50. The summed E-state index contributed by atoms with van der Waals surface area (Å²) in [4.78, 5) is 39.5. The summed E-state index contributed by atoms with van der Waals surface area (Å²) in [6.45, 7) is 0.866. The van der Waals surface area contributed by atoms with Gasteiger partial charge in [0.15, 0.2) is 15.6 Å². The van der Waals surface area contributed by atoms with Crippen LogP contribution in [0.2, 0.25) is 5.02 Å². The second kappa shape index (κ2) is 10.6. The van der Waals surface area contributed by atoms with E-state index >= 15 is 0 Å². The third-order valence-corrected chi connectivity index (χ3v) is 7.14. The van der Waals surface area contributed by atoms with Crippen LogP contribution in [0.1, 0.15) is 41.4 Å². The molecule has 0 saturated heterocycles. The maximum atomic E-state index is 14.1. The number of nitrogens with zero attached hydrogens (tertiary/aromatic N) is 3. The highest BCUT2D eigenvalue weighted by atomic mass is 35.5. The zero-order chi connectivity index (χ0) is 26.9. The monoisotopic (exact) mass is 548 g/mol. The van der Waals surface area contributed by atoms with Gasteiger partial charge in [0, 0.05) is 36.7 Å². The number of amides is 2. The summed E-state index contributed by atoms with van der Waals surface area (Å²) in [5.41, 5.74) is 1.39. The Kier molecular flexibility index (Phi) is 7.65. The maximum absolute atomic E-state index is 14.1. The van der Waals surface area contributed by atoms with E-state index in [1.165, 1.54) is 28.6 Å². The molecular formula is C25H26ClFN4O5S. The first-order valence-corrected chi connectivity index (χ1v) is 14.0. The lowest BCUT2D eigenvalue weighted by atomic mass is 10.1. The number of halogens is 2. The lowest BCUT2D eigenvalue weighted by Gasteiger charge is -2.22. The van der Waals surface area contributed by atoms with Gasteiger partial charge in [-0.1, -0.05) is 29.8 Å². The summed E-state index contributed by atoms with van der Waals surface area (Å²) in [6, 6.07) is 9.29. The lowest BCUT2D eigenvalue weighted by molar-refractivity contribution is -0.137. The average molecular weight is 549 g/mol. The van der Waals surface area contributed by atoms with Crippen molar-refractivity contribution < 1.29 is 27.2 Å². The van der Waals surface area contributed by atoms with Crippen LogP contribution in [0.15, 0.2) is 36.4 Å². The number of sulfone groups is 1. The Bertz CT molecular complexity index is 1500. The Morgan fingerprint density at radius 2 is 1.95 bits per heavy atom. The number of rotatable bonds is 10. The number of nitrogens with one attached hydrogen (secondary N) is 1. The summed E-state index contributed by atoms with van der Waals surface area (Å²) in [7, 11) is -3.28. The number of Topliss-reactive ketones (excluding diaryl/α,β-unsaturated/α-hetero) is 1. The number of fused-ring (bicyclic) bond motifs is 1. The number of carbonyl (C=O) groups is 3. The fraction of sp³-hybridized carbons (Fsp3) is 0.360. The minimum absolute atomic E-state index is 0.0404. The molecule has 0 spiro atoms. The Morgan fingerprint density at radius 3 is 2.59 bits per heavy atom. The molecule has 1 aliphatic carbocycles. The summed E-state index contributed by atoms with van der Waals surface area (Å²) in [5, 5.41) is 7.36. The third-order valence-electron chi connectivity index (χ3n) is 5.99. The molecule has 1 aromatic heterocycles. The minimum Gasteiger partial charge on any atom is -0.350 e. The molecule has 196 valence electrons. The molecule has 1 aliphatic rings. The second-order valence-electron chi connectivity index (χ2n) is 9.23. The van der Waals surface area contributed by atoms with Crippen molar-refractivity contribution in [3.8, 4) is 0 Å². The number of aromatic nitrogens is 2. The normalized spacial score (nSPS) is 13.5. The van der Waals surface area contributed by atoms with Crippen LogP contribution in [0.4, 0.5) is 4.39 Å². The highest BCUT2D eigenvalue weighted by Crippen LogP contribution is 2.28. The van der Waals surface area contributed by atoms with Crippen LogP contribution < -0.4 is 5.32 Å².